The highest BCUT2D eigenvalue weighted by Crippen LogP contribution is 2.39. The maximum atomic E-state index is 13.9. The van der Waals surface area contributed by atoms with Crippen LogP contribution in [-0.4, -0.2) is 30.4 Å². The Hall–Kier alpha value is -4.30. The van der Waals surface area contributed by atoms with E-state index in [4.69, 9.17) is 4.74 Å². The summed E-state index contributed by atoms with van der Waals surface area (Å²) in [5, 5.41) is 0. The number of aryl methyl sites for hydroxylation is 3. The first-order valence-electron chi connectivity index (χ1n) is 13.0. The summed E-state index contributed by atoms with van der Waals surface area (Å²) in [4.78, 5) is 14.0. The fourth-order valence-electron chi connectivity index (χ4n) is 5.46. The van der Waals surface area contributed by atoms with Crippen molar-refractivity contribution >= 4 is 21.6 Å². The number of carbonyl (C=O) groups is 1. The lowest BCUT2D eigenvalue weighted by Gasteiger charge is -2.11. The molecule has 2 aromatic heterocycles. The molecule has 0 atom stereocenters. The molecule has 3 heterocycles. The first-order valence-corrected chi connectivity index (χ1v) is 14.5. The van der Waals surface area contributed by atoms with Crippen molar-refractivity contribution in [2.24, 2.45) is 0 Å². The Bertz CT molecular complexity index is 1780. The summed E-state index contributed by atoms with van der Waals surface area (Å²) < 4.78 is 38.3. The van der Waals surface area contributed by atoms with Crippen LogP contribution >= 0.6 is 0 Å². The van der Waals surface area contributed by atoms with E-state index < -0.39 is 15.9 Å². The maximum Gasteiger partial charge on any atom is 0.282 e. The first kappa shape index (κ1) is 25.0. The molecule has 1 aliphatic rings. The van der Waals surface area contributed by atoms with Crippen molar-refractivity contribution < 1.29 is 17.9 Å². The summed E-state index contributed by atoms with van der Waals surface area (Å²) in [6.45, 7) is 2.68. The second-order valence-corrected chi connectivity index (χ2v) is 11.5. The second-order valence-electron chi connectivity index (χ2n) is 9.86. The zero-order valence-electron chi connectivity index (χ0n) is 21.8. The summed E-state index contributed by atoms with van der Waals surface area (Å²) >= 11 is 0. The van der Waals surface area contributed by atoms with Crippen LogP contribution in [0.2, 0.25) is 0 Å². The number of aromatic nitrogens is 2. The molecule has 0 aliphatic carbocycles. The first-order chi connectivity index (χ1) is 18.9. The smallest absolute Gasteiger partial charge is 0.282 e. The number of ether oxygens (including phenoxy) is 1. The highest BCUT2D eigenvalue weighted by atomic mass is 32.2. The third-order valence-corrected chi connectivity index (χ3v) is 8.70. The summed E-state index contributed by atoms with van der Waals surface area (Å²) in [5.74, 6) is 0.107. The number of nitrogens with zero attached hydrogens (tertiary/aromatic N) is 2. The number of hydrogen-bond acceptors (Lipinski definition) is 4. The van der Waals surface area contributed by atoms with Crippen LogP contribution in [0.5, 0.6) is 5.75 Å². The molecule has 5 aromatic rings. The number of methoxy groups -OCH3 is 1. The predicted molar refractivity (Wildman–Crippen MR) is 152 cm³/mol. The number of imidazole rings is 1. The molecule has 0 unspecified atom stereocenters. The molecule has 3 aromatic carbocycles. The number of benzene rings is 3. The van der Waals surface area contributed by atoms with Gasteiger partial charge in [-0.25, -0.2) is 13.1 Å². The van der Waals surface area contributed by atoms with Gasteiger partial charge < -0.3 is 9.30 Å². The highest BCUT2D eigenvalue weighted by Gasteiger charge is 2.31. The monoisotopic (exact) mass is 539 g/mol. The van der Waals surface area contributed by atoms with Crippen molar-refractivity contribution in [3.8, 4) is 28.1 Å². The lowest BCUT2D eigenvalue weighted by atomic mass is 9.98. The fourth-order valence-corrected chi connectivity index (χ4v) is 6.42. The topological polar surface area (TPSA) is 81.8 Å². The van der Waals surface area contributed by atoms with E-state index in [-0.39, 0.29) is 4.90 Å². The van der Waals surface area contributed by atoms with Crippen LogP contribution < -0.4 is 9.46 Å². The van der Waals surface area contributed by atoms with E-state index in [1.165, 1.54) is 12.1 Å². The van der Waals surface area contributed by atoms with Crippen molar-refractivity contribution in [2.75, 3.05) is 7.11 Å². The van der Waals surface area contributed by atoms with Gasteiger partial charge in [0.25, 0.3) is 15.9 Å². The van der Waals surface area contributed by atoms with Crippen molar-refractivity contribution in [3.63, 3.8) is 0 Å². The number of sulfonamides is 1. The zero-order valence-corrected chi connectivity index (χ0v) is 22.7. The number of hydrogen-bond donors (Lipinski definition) is 1. The summed E-state index contributed by atoms with van der Waals surface area (Å²) in [5.41, 5.74) is 6.85. The van der Waals surface area contributed by atoms with Gasteiger partial charge in [-0.3, -0.25) is 9.20 Å². The van der Waals surface area contributed by atoms with Crippen LogP contribution in [0.1, 0.15) is 34.5 Å². The van der Waals surface area contributed by atoms with Crippen molar-refractivity contribution in [1.82, 2.24) is 13.7 Å². The van der Waals surface area contributed by atoms with E-state index in [0.717, 1.165) is 70.7 Å². The molecule has 7 nitrogen and oxygen atoms in total. The molecule has 1 amide bonds. The molecule has 8 heteroatoms. The van der Waals surface area contributed by atoms with Gasteiger partial charge in [0.05, 0.1) is 17.7 Å². The molecule has 6 rings (SSSR count). The number of carbonyl (C=O) groups excluding carboxylic acids is 1. The quantitative estimate of drug-likeness (QED) is 0.294. The van der Waals surface area contributed by atoms with E-state index >= 15 is 0 Å². The number of amides is 1. The summed E-state index contributed by atoms with van der Waals surface area (Å²) in [6.07, 6.45) is 4.70. The van der Waals surface area contributed by atoms with E-state index in [0.29, 0.717) is 5.69 Å². The van der Waals surface area contributed by atoms with Crippen molar-refractivity contribution in [3.05, 3.63) is 102 Å². The van der Waals surface area contributed by atoms with Crippen LogP contribution in [0.25, 0.3) is 28.0 Å². The van der Waals surface area contributed by atoms with Crippen LogP contribution in [0.15, 0.2) is 90.0 Å². The van der Waals surface area contributed by atoms with Gasteiger partial charge in [0.2, 0.25) is 0 Å². The van der Waals surface area contributed by atoms with Crippen LogP contribution in [0.4, 0.5) is 0 Å². The highest BCUT2D eigenvalue weighted by molar-refractivity contribution is 7.90. The van der Waals surface area contributed by atoms with Gasteiger partial charge >= 0.3 is 0 Å². The van der Waals surface area contributed by atoms with E-state index in [1.807, 2.05) is 72.1 Å². The van der Waals surface area contributed by atoms with E-state index in [9.17, 15) is 13.2 Å². The molecule has 198 valence electrons. The predicted octanol–water partition coefficient (Wildman–Crippen LogP) is 5.85. The fraction of sp³-hybridized carbons (Fsp3) is 0.194. The molecule has 0 fully saturated rings. The molecular weight excluding hydrogens is 510 g/mol. The lowest BCUT2D eigenvalue weighted by molar-refractivity contribution is 0.0976. The van der Waals surface area contributed by atoms with Gasteiger partial charge in [0, 0.05) is 23.9 Å². The summed E-state index contributed by atoms with van der Waals surface area (Å²) in [6, 6.07) is 24.0. The summed E-state index contributed by atoms with van der Waals surface area (Å²) in [7, 11) is -2.44. The van der Waals surface area contributed by atoms with Crippen LogP contribution in [0.3, 0.4) is 0 Å². The van der Waals surface area contributed by atoms with Gasteiger partial charge in [0.1, 0.15) is 17.1 Å². The largest absolute Gasteiger partial charge is 0.497 e. The van der Waals surface area contributed by atoms with Gasteiger partial charge in [-0.1, -0.05) is 48.0 Å². The van der Waals surface area contributed by atoms with E-state index in [1.54, 1.807) is 19.2 Å². The molecule has 0 saturated carbocycles. The zero-order chi connectivity index (χ0) is 27.1. The minimum Gasteiger partial charge on any atom is -0.497 e. The van der Waals surface area contributed by atoms with Crippen molar-refractivity contribution in [2.45, 2.75) is 37.6 Å². The molecule has 1 aliphatic heterocycles. The van der Waals surface area contributed by atoms with Gasteiger partial charge in [-0.15, -0.1) is 0 Å². The van der Waals surface area contributed by atoms with Gasteiger partial charge in [-0.05, 0) is 73.7 Å². The van der Waals surface area contributed by atoms with Gasteiger partial charge in [-0.2, -0.15) is 0 Å². The maximum absolute atomic E-state index is 13.9. The molecule has 0 radical (unpaired) electrons. The minimum atomic E-state index is -4.08. The SMILES string of the molecule is COc1ccc(-c2cn3c(C(=O)NS(=O)(=O)c4ccc(C)cc4)c(-c4ccccc4)c4c3n2CCCC4)cc1. The third-order valence-electron chi connectivity index (χ3n) is 7.36. The standard InChI is InChI=1S/C31H29N3O4S/c1-21-11-17-25(18-12-21)39(36,37)32-30(35)29-28(23-8-4-3-5-9-23)26-10-6-7-19-33-27(20-34(29)31(26)33)22-13-15-24(38-2)16-14-22/h3-5,8-9,11-18,20H,6-7,10,19H2,1-2H3,(H,32,35). The van der Waals surface area contributed by atoms with E-state index in [2.05, 4.69) is 9.29 Å². The lowest BCUT2D eigenvalue weighted by Crippen LogP contribution is -2.31. The molecule has 39 heavy (non-hydrogen) atoms. The van der Waals surface area contributed by atoms with Crippen LogP contribution in [0, 0.1) is 6.92 Å². The third kappa shape index (κ3) is 4.40. The normalized spacial score (nSPS) is 13.3. The van der Waals surface area contributed by atoms with Crippen molar-refractivity contribution in [1.29, 1.82) is 0 Å². The Kier molecular flexibility index (Phi) is 6.27. The molecule has 0 spiro atoms. The Morgan fingerprint density at radius 2 is 1.62 bits per heavy atom. The second kappa shape index (κ2) is 9.78. The average molecular weight is 540 g/mol. The Labute approximate surface area is 227 Å². The Morgan fingerprint density at radius 3 is 2.31 bits per heavy atom. The number of nitrogens with one attached hydrogen (secondary N) is 1. The Morgan fingerprint density at radius 1 is 0.897 bits per heavy atom. The molecular formula is C31H29N3O4S. The molecule has 1 N–H and O–H groups in total. The minimum absolute atomic E-state index is 0.0494. The molecule has 0 bridgehead atoms. The Balaban J connectivity index is 1.56. The average Bonchev–Trinajstić information content (AvgIpc) is 3.36. The molecule has 0 saturated heterocycles. The van der Waals surface area contributed by atoms with Crippen LogP contribution in [-0.2, 0) is 23.0 Å². The number of rotatable bonds is 6. The van der Waals surface area contributed by atoms with Gasteiger partial charge in [0.15, 0.2) is 0 Å².